The molecule has 1 aromatic carbocycles. The third kappa shape index (κ3) is 1.95. The standard InChI is InChI=1S/C15H20O/c1-10(12-7-8-12)14-4-2-3-13(15(14)16)9-11-5-6-11/h2-4,10-12,16H,5-9H2,1H3/t10-/m1/s1. The topological polar surface area (TPSA) is 20.2 Å². The van der Waals surface area contributed by atoms with Gasteiger partial charge in [-0.1, -0.05) is 25.1 Å². The molecule has 2 fully saturated rings. The Kier molecular flexibility index (Phi) is 2.42. The van der Waals surface area contributed by atoms with Gasteiger partial charge in [0.25, 0.3) is 0 Å². The summed E-state index contributed by atoms with van der Waals surface area (Å²) in [4.78, 5) is 0. The van der Waals surface area contributed by atoms with E-state index in [0.29, 0.717) is 11.7 Å². The quantitative estimate of drug-likeness (QED) is 0.810. The van der Waals surface area contributed by atoms with Crippen molar-refractivity contribution >= 4 is 0 Å². The predicted molar refractivity (Wildman–Crippen MR) is 65.7 cm³/mol. The van der Waals surface area contributed by atoms with Crippen LogP contribution in [0, 0.1) is 11.8 Å². The molecule has 0 aromatic heterocycles. The lowest BCUT2D eigenvalue weighted by Crippen LogP contribution is -1.99. The molecule has 0 amide bonds. The van der Waals surface area contributed by atoms with Gasteiger partial charge in [-0.25, -0.2) is 0 Å². The van der Waals surface area contributed by atoms with Crippen LogP contribution in [0.2, 0.25) is 0 Å². The second-order valence-electron chi connectivity index (χ2n) is 5.63. The second kappa shape index (κ2) is 3.80. The zero-order valence-corrected chi connectivity index (χ0v) is 9.95. The van der Waals surface area contributed by atoms with Gasteiger partial charge in [-0.2, -0.15) is 0 Å². The molecule has 0 heterocycles. The Morgan fingerprint density at radius 3 is 2.62 bits per heavy atom. The van der Waals surface area contributed by atoms with E-state index in [4.69, 9.17) is 0 Å². The van der Waals surface area contributed by atoms with Gasteiger partial charge in [-0.3, -0.25) is 0 Å². The second-order valence-corrected chi connectivity index (χ2v) is 5.63. The van der Waals surface area contributed by atoms with Gasteiger partial charge in [0, 0.05) is 0 Å². The van der Waals surface area contributed by atoms with Crippen LogP contribution in [0.15, 0.2) is 18.2 Å². The number of phenolic OH excluding ortho intramolecular Hbond substituents is 1. The molecule has 1 aromatic rings. The highest BCUT2D eigenvalue weighted by Crippen LogP contribution is 2.46. The number of phenols is 1. The van der Waals surface area contributed by atoms with E-state index in [1.54, 1.807) is 0 Å². The molecule has 16 heavy (non-hydrogen) atoms. The fourth-order valence-electron chi connectivity index (χ4n) is 2.63. The molecule has 0 unspecified atom stereocenters. The van der Waals surface area contributed by atoms with E-state index in [2.05, 4.69) is 25.1 Å². The van der Waals surface area contributed by atoms with Gasteiger partial charge >= 0.3 is 0 Å². The Morgan fingerprint density at radius 1 is 1.25 bits per heavy atom. The minimum atomic E-state index is 0.541. The summed E-state index contributed by atoms with van der Waals surface area (Å²) in [7, 11) is 0. The molecule has 0 saturated heterocycles. The lowest BCUT2D eigenvalue weighted by atomic mass is 9.92. The van der Waals surface area contributed by atoms with Crippen molar-refractivity contribution in [2.75, 3.05) is 0 Å². The summed E-state index contributed by atoms with van der Waals surface area (Å²) < 4.78 is 0. The van der Waals surface area contributed by atoms with Gasteiger partial charge < -0.3 is 5.11 Å². The molecule has 0 aliphatic heterocycles. The van der Waals surface area contributed by atoms with Gasteiger partial charge in [0.15, 0.2) is 0 Å². The molecule has 2 aliphatic rings. The van der Waals surface area contributed by atoms with Gasteiger partial charge in [0.1, 0.15) is 5.75 Å². The first kappa shape index (κ1) is 10.2. The lowest BCUT2D eigenvalue weighted by molar-refractivity contribution is 0.450. The van der Waals surface area contributed by atoms with E-state index in [-0.39, 0.29) is 0 Å². The van der Waals surface area contributed by atoms with Crippen LogP contribution in [-0.4, -0.2) is 5.11 Å². The lowest BCUT2D eigenvalue weighted by Gasteiger charge is -2.15. The van der Waals surface area contributed by atoms with Crippen LogP contribution in [0.5, 0.6) is 5.75 Å². The molecule has 3 rings (SSSR count). The Hall–Kier alpha value is -0.980. The van der Waals surface area contributed by atoms with Crippen LogP contribution < -0.4 is 0 Å². The average molecular weight is 216 g/mol. The smallest absolute Gasteiger partial charge is 0.122 e. The van der Waals surface area contributed by atoms with Crippen molar-refractivity contribution in [3.05, 3.63) is 29.3 Å². The van der Waals surface area contributed by atoms with Crippen molar-refractivity contribution < 1.29 is 5.11 Å². The molecule has 1 atom stereocenters. The van der Waals surface area contributed by atoms with E-state index in [1.165, 1.54) is 36.8 Å². The fraction of sp³-hybridized carbons (Fsp3) is 0.600. The SMILES string of the molecule is C[C@@H](c1cccc(CC2CC2)c1O)C1CC1. The van der Waals surface area contributed by atoms with Crippen molar-refractivity contribution in [1.82, 2.24) is 0 Å². The van der Waals surface area contributed by atoms with Crippen molar-refractivity contribution in [2.45, 2.75) is 44.9 Å². The maximum atomic E-state index is 10.3. The number of rotatable bonds is 4. The Balaban J connectivity index is 1.85. The minimum Gasteiger partial charge on any atom is -0.507 e. The van der Waals surface area contributed by atoms with Crippen LogP contribution in [0.3, 0.4) is 0 Å². The third-order valence-corrected chi connectivity index (χ3v) is 4.18. The maximum absolute atomic E-state index is 10.3. The monoisotopic (exact) mass is 216 g/mol. The number of hydrogen-bond acceptors (Lipinski definition) is 1. The van der Waals surface area contributed by atoms with E-state index in [1.807, 2.05) is 0 Å². The summed E-state index contributed by atoms with van der Waals surface area (Å²) in [5.74, 6) is 2.80. The number of hydrogen-bond donors (Lipinski definition) is 1. The van der Waals surface area contributed by atoms with E-state index >= 15 is 0 Å². The first-order chi connectivity index (χ1) is 7.75. The molecule has 0 radical (unpaired) electrons. The summed E-state index contributed by atoms with van der Waals surface area (Å²) in [6.07, 6.45) is 6.46. The maximum Gasteiger partial charge on any atom is 0.122 e. The van der Waals surface area contributed by atoms with Crippen molar-refractivity contribution in [1.29, 1.82) is 0 Å². The van der Waals surface area contributed by atoms with Gasteiger partial charge in [0.05, 0.1) is 0 Å². The van der Waals surface area contributed by atoms with E-state index in [0.717, 1.165) is 18.3 Å². The molecule has 1 nitrogen and oxygen atoms in total. The van der Waals surface area contributed by atoms with Crippen LogP contribution in [0.4, 0.5) is 0 Å². The zero-order valence-electron chi connectivity index (χ0n) is 9.95. The highest BCUT2D eigenvalue weighted by atomic mass is 16.3. The third-order valence-electron chi connectivity index (χ3n) is 4.18. The first-order valence-electron chi connectivity index (χ1n) is 6.56. The van der Waals surface area contributed by atoms with Gasteiger partial charge in [0.2, 0.25) is 0 Å². The normalized spacial score (nSPS) is 22.1. The number of aromatic hydroxyl groups is 1. The van der Waals surface area contributed by atoms with Gasteiger partial charge in [-0.05, 0) is 61.0 Å². The Bertz CT molecular complexity index is 388. The molecule has 2 saturated carbocycles. The van der Waals surface area contributed by atoms with Crippen LogP contribution >= 0.6 is 0 Å². The molecule has 1 heteroatoms. The number of para-hydroxylation sites is 1. The molecule has 0 bridgehead atoms. The van der Waals surface area contributed by atoms with E-state index < -0.39 is 0 Å². The first-order valence-corrected chi connectivity index (χ1v) is 6.56. The van der Waals surface area contributed by atoms with Gasteiger partial charge in [-0.15, -0.1) is 0 Å². The fourth-order valence-corrected chi connectivity index (χ4v) is 2.63. The van der Waals surface area contributed by atoms with Crippen molar-refractivity contribution in [3.8, 4) is 5.75 Å². The Labute approximate surface area is 97.5 Å². The number of benzene rings is 1. The highest BCUT2D eigenvalue weighted by molar-refractivity contribution is 5.43. The summed E-state index contributed by atoms with van der Waals surface area (Å²) in [5.41, 5.74) is 2.35. The molecular weight excluding hydrogens is 196 g/mol. The molecule has 2 aliphatic carbocycles. The van der Waals surface area contributed by atoms with Crippen molar-refractivity contribution in [3.63, 3.8) is 0 Å². The van der Waals surface area contributed by atoms with Crippen LogP contribution in [0.25, 0.3) is 0 Å². The Morgan fingerprint density at radius 2 is 2.00 bits per heavy atom. The minimum absolute atomic E-state index is 0.541. The summed E-state index contributed by atoms with van der Waals surface area (Å²) in [5, 5.41) is 10.3. The largest absolute Gasteiger partial charge is 0.507 e. The highest BCUT2D eigenvalue weighted by Gasteiger charge is 2.31. The molecular formula is C15H20O. The average Bonchev–Trinajstić information content (AvgIpc) is 3.15. The summed E-state index contributed by atoms with van der Waals surface area (Å²) in [6, 6.07) is 6.32. The molecule has 86 valence electrons. The molecule has 0 spiro atoms. The van der Waals surface area contributed by atoms with Crippen LogP contribution in [0.1, 0.15) is 49.7 Å². The summed E-state index contributed by atoms with van der Waals surface area (Å²) in [6.45, 7) is 2.26. The van der Waals surface area contributed by atoms with Crippen molar-refractivity contribution in [2.24, 2.45) is 11.8 Å². The zero-order chi connectivity index (χ0) is 11.1. The summed E-state index contributed by atoms with van der Waals surface area (Å²) >= 11 is 0. The van der Waals surface area contributed by atoms with E-state index in [9.17, 15) is 5.11 Å². The molecule has 1 N–H and O–H groups in total. The van der Waals surface area contributed by atoms with Crippen LogP contribution in [-0.2, 0) is 6.42 Å². The predicted octanol–water partition coefficient (Wildman–Crippen LogP) is 3.86.